The Morgan fingerprint density at radius 3 is 2.61 bits per heavy atom. The van der Waals surface area contributed by atoms with E-state index in [0.717, 1.165) is 43.8 Å². The average molecular weight is 426 g/mol. The lowest BCUT2D eigenvalue weighted by molar-refractivity contribution is 0.239. The fraction of sp³-hybridized carbons (Fsp3) is 0.522. The molecule has 3 aromatic rings. The van der Waals surface area contributed by atoms with E-state index in [2.05, 4.69) is 28.9 Å². The Kier molecular flexibility index (Phi) is 6.27. The molecule has 0 saturated carbocycles. The number of aryl methyl sites for hydroxylation is 2. The van der Waals surface area contributed by atoms with Crippen LogP contribution in [-0.4, -0.2) is 37.7 Å². The van der Waals surface area contributed by atoms with Crippen LogP contribution in [0.2, 0.25) is 0 Å². The van der Waals surface area contributed by atoms with Gasteiger partial charge in [0.25, 0.3) is 5.56 Å². The molecule has 31 heavy (non-hydrogen) atoms. The Bertz CT molecular complexity index is 1160. The Morgan fingerprint density at radius 1 is 1.16 bits per heavy atom. The van der Waals surface area contributed by atoms with Gasteiger partial charge < -0.3 is 9.30 Å². The topological polar surface area (TPSA) is 85.2 Å². The molecule has 1 aliphatic rings. The van der Waals surface area contributed by atoms with Gasteiger partial charge in [-0.2, -0.15) is 0 Å². The lowest BCUT2D eigenvalue weighted by atomic mass is 10.0. The van der Waals surface area contributed by atoms with E-state index >= 15 is 0 Å². The molecule has 2 aromatic heterocycles. The highest BCUT2D eigenvalue weighted by Crippen LogP contribution is 2.34. The normalized spacial score (nSPS) is 16.9. The second-order valence-electron chi connectivity index (χ2n) is 8.11. The van der Waals surface area contributed by atoms with Crippen molar-refractivity contribution >= 4 is 11.2 Å². The monoisotopic (exact) mass is 425 g/mol. The number of methoxy groups -OCH3 is 1. The van der Waals surface area contributed by atoms with Gasteiger partial charge in [0.15, 0.2) is 11.2 Å². The average Bonchev–Trinajstić information content (AvgIpc) is 3.38. The second-order valence-corrected chi connectivity index (χ2v) is 8.11. The number of aromatic amines is 1. The number of likely N-dealkylation sites (tertiary alicyclic amines) is 1. The molecule has 1 aliphatic heterocycles. The number of unbranched alkanes of at least 4 members (excludes halogenated alkanes) is 1. The highest BCUT2D eigenvalue weighted by Gasteiger charge is 2.28. The largest absolute Gasteiger partial charge is 0.497 e. The predicted octanol–water partition coefficient (Wildman–Crippen LogP) is 3.05. The van der Waals surface area contributed by atoms with Crippen molar-refractivity contribution in [2.75, 3.05) is 13.7 Å². The maximum absolute atomic E-state index is 12.6. The van der Waals surface area contributed by atoms with Gasteiger partial charge in [-0.15, -0.1) is 0 Å². The molecule has 0 amide bonds. The molecule has 1 aromatic carbocycles. The van der Waals surface area contributed by atoms with E-state index in [4.69, 9.17) is 9.72 Å². The molecule has 8 nitrogen and oxygen atoms in total. The van der Waals surface area contributed by atoms with Crippen molar-refractivity contribution in [3.05, 3.63) is 56.5 Å². The van der Waals surface area contributed by atoms with Gasteiger partial charge in [0.2, 0.25) is 0 Å². The Morgan fingerprint density at radius 2 is 1.94 bits per heavy atom. The molecule has 8 heteroatoms. The van der Waals surface area contributed by atoms with Crippen LogP contribution in [0.15, 0.2) is 33.9 Å². The zero-order chi connectivity index (χ0) is 22.0. The molecule has 0 aliphatic carbocycles. The first kappa shape index (κ1) is 21.4. The van der Waals surface area contributed by atoms with Gasteiger partial charge >= 0.3 is 5.69 Å². The first-order valence-corrected chi connectivity index (χ1v) is 11.2. The summed E-state index contributed by atoms with van der Waals surface area (Å²) in [5.74, 6) is 1.68. The van der Waals surface area contributed by atoms with Crippen LogP contribution in [0.5, 0.6) is 5.75 Å². The van der Waals surface area contributed by atoms with Crippen molar-refractivity contribution in [2.24, 2.45) is 0 Å². The maximum atomic E-state index is 12.6. The third-order valence-electron chi connectivity index (χ3n) is 6.22. The molecule has 0 bridgehead atoms. The standard InChI is InChI=1S/C23H31N5O3/c1-4-6-14-28-21-20(22(29)25-23(28)30)27(5-2)19(24-21)15-26-13-7-8-18(26)16-9-11-17(31-3)12-10-16/h9-12,18H,4-8,13-15H2,1-3H3,(H,25,29,30)/t18-/m0/s1. The number of fused-ring (bicyclic) bond motifs is 1. The second kappa shape index (κ2) is 9.09. The number of nitrogens with one attached hydrogen (secondary N) is 1. The molecule has 0 radical (unpaired) electrons. The summed E-state index contributed by atoms with van der Waals surface area (Å²) in [6.07, 6.45) is 4.03. The maximum Gasteiger partial charge on any atom is 0.330 e. The van der Waals surface area contributed by atoms with E-state index in [1.54, 1.807) is 11.7 Å². The van der Waals surface area contributed by atoms with Crippen LogP contribution in [0.1, 0.15) is 57.0 Å². The molecule has 1 atom stereocenters. The predicted molar refractivity (Wildman–Crippen MR) is 121 cm³/mol. The van der Waals surface area contributed by atoms with Crippen molar-refractivity contribution in [2.45, 2.75) is 65.2 Å². The zero-order valence-electron chi connectivity index (χ0n) is 18.6. The van der Waals surface area contributed by atoms with Crippen LogP contribution < -0.4 is 16.0 Å². The van der Waals surface area contributed by atoms with Gasteiger partial charge in [0.05, 0.1) is 13.7 Å². The first-order chi connectivity index (χ1) is 15.1. The number of imidazole rings is 1. The summed E-state index contributed by atoms with van der Waals surface area (Å²) in [6.45, 7) is 6.89. The number of rotatable bonds is 8. The smallest absolute Gasteiger partial charge is 0.330 e. The summed E-state index contributed by atoms with van der Waals surface area (Å²) in [5.41, 5.74) is 1.51. The lowest BCUT2D eigenvalue weighted by Crippen LogP contribution is -2.31. The number of H-pyrrole nitrogens is 1. The minimum absolute atomic E-state index is 0.302. The highest BCUT2D eigenvalue weighted by atomic mass is 16.5. The molecule has 0 unspecified atom stereocenters. The van der Waals surface area contributed by atoms with Crippen molar-refractivity contribution in [3.63, 3.8) is 0 Å². The zero-order valence-corrected chi connectivity index (χ0v) is 18.6. The third kappa shape index (κ3) is 4.04. The van der Waals surface area contributed by atoms with Crippen LogP contribution in [0.4, 0.5) is 0 Å². The summed E-state index contributed by atoms with van der Waals surface area (Å²) < 4.78 is 8.86. The summed E-state index contributed by atoms with van der Waals surface area (Å²) in [6, 6.07) is 8.55. The summed E-state index contributed by atoms with van der Waals surface area (Å²) >= 11 is 0. The van der Waals surface area contributed by atoms with Crippen LogP contribution in [0, 0.1) is 0 Å². The Hall–Kier alpha value is -2.87. The van der Waals surface area contributed by atoms with E-state index in [1.165, 1.54) is 5.56 Å². The van der Waals surface area contributed by atoms with Crippen molar-refractivity contribution in [1.82, 2.24) is 24.0 Å². The molecule has 1 N–H and O–H groups in total. The molecule has 0 spiro atoms. The Labute approximate surface area is 181 Å². The molecular formula is C23H31N5O3. The Balaban J connectivity index is 1.71. The summed E-state index contributed by atoms with van der Waals surface area (Å²) in [5, 5.41) is 0. The van der Waals surface area contributed by atoms with Gasteiger partial charge in [-0.1, -0.05) is 25.5 Å². The summed E-state index contributed by atoms with van der Waals surface area (Å²) in [7, 11) is 1.67. The van der Waals surface area contributed by atoms with Gasteiger partial charge in [0.1, 0.15) is 11.6 Å². The molecule has 4 rings (SSSR count). The van der Waals surface area contributed by atoms with Crippen LogP contribution >= 0.6 is 0 Å². The van der Waals surface area contributed by atoms with E-state index in [1.807, 2.05) is 23.6 Å². The number of hydrogen-bond acceptors (Lipinski definition) is 5. The van der Waals surface area contributed by atoms with E-state index in [-0.39, 0.29) is 11.2 Å². The van der Waals surface area contributed by atoms with Crippen LogP contribution in [-0.2, 0) is 19.6 Å². The van der Waals surface area contributed by atoms with Gasteiger partial charge in [-0.3, -0.25) is 19.2 Å². The number of aromatic nitrogens is 4. The molecule has 166 valence electrons. The SMILES string of the molecule is CCCCn1c(=O)[nH]c(=O)c2c1nc(CN1CCC[C@H]1c1ccc(OC)cc1)n2CC. The summed E-state index contributed by atoms with van der Waals surface area (Å²) in [4.78, 5) is 34.8. The van der Waals surface area contributed by atoms with Gasteiger partial charge in [-0.25, -0.2) is 9.78 Å². The molecule has 1 fully saturated rings. The minimum Gasteiger partial charge on any atom is -0.497 e. The van der Waals surface area contributed by atoms with Gasteiger partial charge in [-0.05, 0) is 50.4 Å². The van der Waals surface area contributed by atoms with Crippen LogP contribution in [0.25, 0.3) is 11.2 Å². The van der Waals surface area contributed by atoms with E-state index in [9.17, 15) is 9.59 Å². The highest BCUT2D eigenvalue weighted by molar-refractivity contribution is 5.71. The number of hydrogen-bond donors (Lipinski definition) is 1. The number of nitrogens with zero attached hydrogens (tertiary/aromatic N) is 4. The van der Waals surface area contributed by atoms with E-state index < -0.39 is 0 Å². The van der Waals surface area contributed by atoms with Crippen molar-refractivity contribution in [3.8, 4) is 5.75 Å². The quantitative estimate of drug-likeness (QED) is 0.600. The fourth-order valence-corrected chi connectivity index (χ4v) is 4.60. The first-order valence-electron chi connectivity index (χ1n) is 11.2. The van der Waals surface area contributed by atoms with Crippen LogP contribution in [0.3, 0.4) is 0 Å². The lowest BCUT2D eigenvalue weighted by Gasteiger charge is -2.24. The van der Waals surface area contributed by atoms with Crippen molar-refractivity contribution < 1.29 is 4.74 Å². The van der Waals surface area contributed by atoms with Gasteiger partial charge in [0, 0.05) is 19.1 Å². The molecule has 1 saturated heterocycles. The number of ether oxygens (including phenoxy) is 1. The fourth-order valence-electron chi connectivity index (χ4n) is 4.60. The minimum atomic E-state index is -0.379. The number of benzene rings is 1. The van der Waals surface area contributed by atoms with Crippen molar-refractivity contribution in [1.29, 1.82) is 0 Å². The van der Waals surface area contributed by atoms with E-state index in [0.29, 0.717) is 36.8 Å². The molecule has 3 heterocycles. The molecular weight excluding hydrogens is 394 g/mol. The third-order valence-corrected chi connectivity index (χ3v) is 6.22.